The largest absolute Gasteiger partial charge is 0.518 e. The monoisotopic (exact) mass is 324 g/mol. The van der Waals surface area contributed by atoms with E-state index >= 15 is 0 Å². The minimum Gasteiger partial charge on any atom is -0.462 e. The van der Waals surface area contributed by atoms with Crippen LogP contribution in [0.4, 0.5) is 0 Å². The minimum atomic E-state index is -4.01. The molecule has 0 bridgehead atoms. The number of phosphoric ester groups is 1. The van der Waals surface area contributed by atoms with Gasteiger partial charge in [-0.2, -0.15) is 4.65 Å². The zero-order chi connectivity index (χ0) is 16.5. The highest BCUT2D eigenvalue weighted by Crippen LogP contribution is 2.45. The maximum Gasteiger partial charge on any atom is 0.518 e. The minimum absolute atomic E-state index is 0.109. The van der Waals surface area contributed by atoms with Gasteiger partial charge < -0.3 is 4.74 Å². The first-order valence-corrected chi connectivity index (χ1v) is 8.36. The van der Waals surface area contributed by atoms with Gasteiger partial charge in [0, 0.05) is 5.57 Å². The molecule has 1 atom stereocenters. The molecule has 0 aliphatic heterocycles. The highest BCUT2D eigenvalue weighted by Gasteiger charge is 2.30. The van der Waals surface area contributed by atoms with E-state index in [-0.39, 0.29) is 17.2 Å². The van der Waals surface area contributed by atoms with Gasteiger partial charge in [0.2, 0.25) is 0 Å². The normalized spacial score (nSPS) is 14.5. The molecular formula is C13H27NO6P+. The maximum atomic E-state index is 11.5. The molecule has 1 unspecified atom stereocenters. The molecule has 7 nitrogen and oxygen atoms in total. The van der Waals surface area contributed by atoms with Gasteiger partial charge in [0.1, 0.15) is 0 Å². The van der Waals surface area contributed by atoms with Crippen molar-refractivity contribution in [3.63, 3.8) is 0 Å². The molecule has 0 aliphatic rings. The molecule has 0 rings (SSSR count). The van der Waals surface area contributed by atoms with Gasteiger partial charge in [0.05, 0.1) is 34.4 Å². The van der Waals surface area contributed by atoms with Gasteiger partial charge in [-0.1, -0.05) is 17.6 Å². The second kappa shape index (κ2) is 9.33. The Morgan fingerprint density at radius 1 is 1.14 bits per heavy atom. The lowest BCUT2D eigenvalue weighted by Gasteiger charge is -2.22. The molecule has 21 heavy (non-hydrogen) atoms. The average molecular weight is 324 g/mol. The molecule has 1 N–H and O–H groups in total. The Morgan fingerprint density at radius 2 is 1.67 bits per heavy atom. The molecule has 0 aromatic carbocycles. The molecular weight excluding hydrogens is 297 g/mol. The van der Waals surface area contributed by atoms with E-state index in [1.165, 1.54) is 0 Å². The number of unbranched alkanes of at least 4 members (excludes halogenated alkanes) is 3. The lowest BCUT2D eigenvalue weighted by Crippen LogP contribution is -2.33. The topological polar surface area (TPSA) is 82.1 Å². The smallest absolute Gasteiger partial charge is 0.462 e. The second-order valence-corrected chi connectivity index (χ2v) is 6.96. The Labute approximate surface area is 126 Å². The molecule has 0 saturated carbocycles. The van der Waals surface area contributed by atoms with Gasteiger partial charge in [0.25, 0.3) is 0 Å². The average Bonchev–Trinajstić information content (AvgIpc) is 2.28. The zero-order valence-corrected chi connectivity index (χ0v) is 14.2. The lowest BCUT2D eigenvalue weighted by atomic mass is 10.2. The predicted octanol–water partition coefficient (Wildman–Crippen LogP) is 2.42. The highest BCUT2D eigenvalue weighted by atomic mass is 31.2. The van der Waals surface area contributed by atoms with Crippen molar-refractivity contribution in [2.75, 3.05) is 34.4 Å². The Kier molecular flexibility index (Phi) is 9.01. The van der Waals surface area contributed by atoms with Crippen LogP contribution in [0.2, 0.25) is 0 Å². The van der Waals surface area contributed by atoms with Gasteiger partial charge in [-0.15, -0.1) is 0 Å². The van der Waals surface area contributed by atoms with E-state index in [1.807, 2.05) is 0 Å². The Balaban J connectivity index is 3.58. The maximum absolute atomic E-state index is 11.5. The summed E-state index contributed by atoms with van der Waals surface area (Å²) < 4.78 is 26.1. The molecule has 0 aromatic rings. The number of ether oxygens (including phenoxy) is 1. The first kappa shape index (κ1) is 20.3. The first-order valence-electron chi connectivity index (χ1n) is 6.86. The van der Waals surface area contributed by atoms with E-state index in [9.17, 15) is 14.3 Å². The van der Waals surface area contributed by atoms with Crippen LogP contribution in [0, 0.1) is 0 Å². The van der Waals surface area contributed by atoms with Crippen molar-refractivity contribution in [2.45, 2.75) is 32.6 Å². The number of hydrogen-bond donors (Lipinski definition) is 1. The summed E-state index contributed by atoms with van der Waals surface area (Å²) >= 11 is 0. The van der Waals surface area contributed by atoms with Crippen LogP contribution in [-0.2, 0) is 23.2 Å². The summed E-state index contributed by atoms with van der Waals surface area (Å²) in [5, 5.41) is 0. The molecule has 0 aliphatic carbocycles. The third kappa shape index (κ3) is 12.7. The number of quaternary nitrogens is 1. The molecule has 0 amide bonds. The third-order valence-corrected chi connectivity index (χ3v) is 3.43. The summed E-state index contributed by atoms with van der Waals surface area (Å²) in [6.45, 7) is 5.60. The van der Waals surface area contributed by atoms with Crippen LogP contribution < -0.4 is 0 Å². The number of esters is 1. The van der Waals surface area contributed by atoms with Gasteiger partial charge in [-0.25, -0.2) is 9.36 Å². The van der Waals surface area contributed by atoms with Crippen LogP contribution in [0.25, 0.3) is 0 Å². The van der Waals surface area contributed by atoms with Crippen LogP contribution in [0.15, 0.2) is 12.2 Å². The Hall–Kier alpha value is -0.720. The van der Waals surface area contributed by atoms with Gasteiger partial charge >= 0.3 is 13.8 Å². The van der Waals surface area contributed by atoms with Gasteiger partial charge in [-0.05, 0) is 26.2 Å². The number of phosphoric acid groups is 1. The van der Waals surface area contributed by atoms with Crippen molar-refractivity contribution in [2.24, 2.45) is 0 Å². The quantitative estimate of drug-likeness (QED) is 0.157. The predicted molar refractivity (Wildman–Crippen MR) is 79.1 cm³/mol. The summed E-state index contributed by atoms with van der Waals surface area (Å²) in [6, 6.07) is 0. The molecule has 0 aromatic heterocycles. The number of carbonyl (C=O) groups excluding carboxylic acids is 1. The number of hydrogen-bond acceptors (Lipinski definition) is 5. The molecule has 0 saturated heterocycles. The standard InChI is InChI=1S/C13H26NO6P/c1-12(2)13(15)18-10-8-6-7-9-11-19-21(16,17)20-14(3,4)5/h1,6-11H2,2-5H3/p+1. The van der Waals surface area contributed by atoms with Crippen LogP contribution in [0.1, 0.15) is 32.6 Å². The van der Waals surface area contributed by atoms with E-state index in [2.05, 4.69) is 6.58 Å². The highest BCUT2D eigenvalue weighted by molar-refractivity contribution is 7.47. The molecule has 0 spiro atoms. The van der Waals surface area contributed by atoms with E-state index in [0.29, 0.717) is 18.6 Å². The number of hydroxylamine groups is 3. The van der Waals surface area contributed by atoms with E-state index in [1.54, 1.807) is 28.1 Å². The summed E-state index contributed by atoms with van der Waals surface area (Å²) in [4.78, 5) is 20.5. The molecule has 0 heterocycles. The summed E-state index contributed by atoms with van der Waals surface area (Å²) in [6.07, 6.45) is 3.04. The zero-order valence-electron chi connectivity index (χ0n) is 13.3. The molecule has 124 valence electrons. The molecule has 0 fully saturated rings. The lowest BCUT2D eigenvalue weighted by molar-refractivity contribution is -1.04. The second-order valence-electron chi connectivity index (χ2n) is 5.60. The van der Waals surface area contributed by atoms with Crippen molar-refractivity contribution in [1.29, 1.82) is 0 Å². The van der Waals surface area contributed by atoms with Gasteiger partial charge in [-0.3, -0.25) is 9.42 Å². The SMILES string of the molecule is C=C(C)C(=O)OCCCCCCOP(=O)(O)O[N+](C)(C)C. The van der Waals surface area contributed by atoms with Crippen LogP contribution in [-0.4, -0.2) is 49.9 Å². The van der Waals surface area contributed by atoms with Crippen LogP contribution in [0.3, 0.4) is 0 Å². The van der Waals surface area contributed by atoms with Gasteiger partial charge in [0.15, 0.2) is 0 Å². The van der Waals surface area contributed by atoms with Crippen molar-refractivity contribution in [3.05, 3.63) is 12.2 Å². The molecule has 8 heteroatoms. The van der Waals surface area contributed by atoms with E-state index in [0.717, 1.165) is 19.3 Å². The summed E-state index contributed by atoms with van der Waals surface area (Å²) in [7, 11) is 0.864. The Morgan fingerprint density at radius 3 is 2.14 bits per heavy atom. The summed E-state index contributed by atoms with van der Waals surface area (Å²) in [5.74, 6) is -0.378. The fourth-order valence-corrected chi connectivity index (χ4v) is 2.38. The van der Waals surface area contributed by atoms with Crippen molar-refractivity contribution >= 4 is 13.8 Å². The van der Waals surface area contributed by atoms with Crippen molar-refractivity contribution < 1.29 is 32.8 Å². The summed E-state index contributed by atoms with van der Waals surface area (Å²) in [5.41, 5.74) is 0.388. The van der Waals surface area contributed by atoms with Crippen molar-refractivity contribution in [1.82, 2.24) is 0 Å². The fourth-order valence-electron chi connectivity index (χ4n) is 1.36. The first-order chi connectivity index (χ1) is 9.53. The fraction of sp³-hybridized carbons (Fsp3) is 0.769. The van der Waals surface area contributed by atoms with E-state index < -0.39 is 7.82 Å². The van der Waals surface area contributed by atoms with E-state index in [4.69, 9.17) is 13.9 Å². The van der Waals surface area contributed by atoms with Crippen LogP contribution in [0.5, 0.6) is 0 Å². The Bertz CT molecular complexity index is 391. The van der Waals surface area contributed by atoms with Crippen LogP contribution >= 0.6 is 7.82 Å². The third-order valence-electron chi connectivity index (χ3n) is 2.22. The number of rotatable bonds is 11. The van der Waals surface area contributed by atoms with Crippen molar-refractivity contribution in [3.8, 4) is 0 Å². The molecule has 0 radical (unpaired) electrons. The number of carbonyl (C=O) groups is 1. The number of nitrogens with zero attached hydrogens (tertiary/aromatic N) is 1.